The molecule has 0 saturated heterocycles. The lowest BCUT2D eigenvalue weighted by Gasteiger charge is -2.24. The van der Waals surface area contributed by atoms with Gasteiger partial charge in [-0.2, -0.15) is 11.3 Å². The fourth-order valence-electron chi connectivity index (χ4n) is 2.93. The van der Waals surface area contributed by atoms with E-state index in [-0.39, 0.29) is 19.2 Å². The Morgan fingerprint density at radius 1 is 1.11 bits per heavy atom. The molecular weight excluding hydrogens is 362 g/mol. The van der Waals surface area contributed by atoms with Crippen LogP contribution in [0.3, 0.4) is 0 Å². The standard InChI is InChI=1S/C21H19NO4S/c1-21(24,17-6-7-18-19(10-17)26-13-25-18)12-22-20(23)15-4-2-14(3-5-15)16-8-9-27-11-16/h2-11,24H,12-13H2,1H3,(H,22,23)/t21-/m1/s1. The Bertz CT molecular complexity index is 949. The van der Waals surface area contributed by atoms with E-state index in [1.54, 1.807) is 48.6 Å². The van der Waals surface area contributed by atoms with E-state index in [0.717, 1.165) is 11.1 Å². The Labute approximate surface area is 161 Å². The second-order valence-corrected chi connectivity index (χ2v) is 7.39. The molecule has 0 radical (unpaired) electrons. The molecule has 138 valence electrons. The van der Waals surface area contributed by atoms with Gasteiger partial charge in [-0.1, -0.05) is 18.2 Å². The van der Waals surface area contributed by atoms with Crippen LogP contribution in [0.4, 0.5) is 0 Å². The van der Waals surface area contributed by atoms with Crippen molar-refractivity contribution in [3.05, 3.63) is 70.4 Å². The van der Waals surface area contributed by atoms with Crippen LogP contribution in [0.2, 0.25) is 0 Å². The molecule has 0 saturated carbocycles. The first-order valence-electron chi connectivity index (χ1n) is 8.56. The Morgan fingerprint density at radius 3 is 2.63 bits per heavy atom. The molecule has 1 aliphatic heterocycles. The third-order valence-corrected chi connectivity index (χ3v) is 5.27. The smallest absolute Gasteiger partial charge is 0.251 e. The van der Waals surface area contributed by atoms with Crippen molar-refractivity contribution >= 4 is 17.2 Å². The number of ether oxygens (including phenoxy) is 2. The summed E-state index contributed by atoms with van der Waals surface area (Å²) in [5, 5.41) is 17.7. The van der Waals surface area contributed by atoms with Gasteiger partial charge in [0.05, 0.1) is 6.54 Å². The number of carbonyl (C=O) groups is 1. The van der Waals surface area contributed by atoms with Crippen molar-refractivity contribution in [3.8, 4) is 22.6 Å². The molecule has 0 spiro atoms. The summed E-state index contributed by atoms with van der Waals surface area (Å²) in [7, 11) is 0. The minimum Gasteiger partial charge on any atom is -0.454 e. The summed E-state index contributed by atoms with van der Waals surface area (Å²) >= 11 is 1.64. The van der Waals surface area contributed by atoms with Crippen LogP contribution in [0, 0.1) is 0 Å². The van der Waals surface area contributed by atoms with E-state index in [0.29, 0.717) is 22.6 Å². The third-order valence-electron chi connectivity index (χ3n) is 4.59. The fourth-order valence-corrected chi connectivity index (χ4v) is 3.60. The van der Waals surface area contributed by atoms with E-state index in [1.165, 1.54) is 0 Å². The molecule has 6 heteroatoms. The molecule has 1 aliphatic rings. The van der Waals surface area contributed by atoms with Crippen LogP contribution in [-0.2, 0) is 5.60 Å². The zero-order valence-corrected chi connectivity index (χ0v) is 15.6. The molecule has 1 amide bonds. The van der Waals surface area contributed by atoms with Crippen molar-refractivity contribution < 1.29 is 19.4 Å². The summed E-state index contributed by atoms with van der Waals surface area (Å²) in [5.74, 6) is 1.03. The predicted octanol–water partition coefficient (Wildman–Crippen LogP) is 3.78. The van der Waals surface area contributed by atoms with Crippen LogP contribution in [0.1, 0.15) is 22.8 Å². The Hall–Kier alpha value is -2.83. The zero-order chi connectivity index (χ0) is 18.9. The van der Waals surface area contributed by atoms with E-state index in [1.807, 2.05) is 23.6 Å². The number of fused-ring (bicyclic) bond motifs is 1. The van der Waals surface area contributed by atoms with Crippen LogP contribution >= 0.6 is 11.3 Å². The van der Waals surface area contributed by atoms with Gasteiger partial charge in [0.2, 0.25) is 6.79 Å². The second-order valence-electron chi connectivity index (χ2n) is 6.61. The van der Waals surface area contributed by atoms with Crippen molar-refractivity contribution in [2.24, 2.45) is 0 Å². The summed E-state index contributed by atoms with van der Waals surface area (Å²) in [4.78, 5) is 12.4. The highest BCUT2D eigenvalue weighted by molar-refractivity contribution is 7.08. The number of thiophene rings is 1. The Balaban J connectivity index is 1.42. The summed E-state index contributed by atoms with van der Waals surface area (Å²) < 4.78 is 10.6. The van der Waals surface area contributed by atoms with Crippen molar-refractivity contribution in [1.29, 1.82) is 0 Å². The van der Waals surface area contributed by atoms with Crippen LogP contribution < -0.4 is 14.8 Å². The average molecular weight is 381 g/mol. The summed E-state index contributed by atoms with van der Waals surface area (Å²) in [6.07, 6.45) is 0. The van der Waals surface area contributed by atoms with Gasteiger partial charge in [0.1, 0.15) is 5.60 Å². The number of rotatable bonds is 5. The lowest BCUT2D eigenvalue weighted by Crippen LogP contribution is -2.38. The molecule has 0 aliphatic carbocycles. The van der Waals surface area contributed by atoms with E-state index in [2.05, 4.69) is 10.7 Å². The highest BCUT2D eigenvalue weighted by Crippen LogP contribution is 2.35. The molecule has 4 rings (SSSR count). The lowest BCUT2D eigenvalue weighted by atomic mass is 9.95. The normalized spacial score (nSPS) is 14.6. The number of amides is 1. The quantitative estimate of drug-likeness (QED) is 0.706. The molecule has 2 N–H and O–H groups in total. The maximum atomic E-state index is 12.4. The van der Waals surface area contributed by atoms with Gasteiger partial charge in [-0.05, 0) is 64.7 Å². The van der Waals surface area contributed by atoms with Crippen molar-refractivity contribution in [2.45, 2.75) is 12.5 Å². The fraction of sp³-hybridized carbons (Fsp3) is 0.190. The first-order valence-corrected chi connectivity index (χ1v) is 9.50. The van der Waals surface area contributed by atoms with E-state index < -0.39 is 5.60 Å². The number of nitrogens with one attached hydrogen (secondary N) is 1. The van der Waals surface area contributed by atoms with Gasteiger partial charge in [0.15, 0.2) is 11.5 Å². The van der Waals surface area contributed by atoms with E-state index in [9.17, 15) is 9.90 Å². The second kappa shape index (κ2) is 7.06. The van der Waals surface area contributed by atoms with Gasteiger partial charge in [-0.25, -0.2) is 0 Å². The number of benzene rings is 2. The van der Waals surface area contributed by atoms with Crippen molar-refractivity contribution in [3.63, 3.8) is 0 Å². The van der Waals surface area contributed by atoms with Crippen molar-refractivity contribution in [1.82, 2.24) is 5.32 Å². The minimum atomic E-state index is -1.23. The molecule has 0 fully saturated rings. The molecule has 2 heterocycles. The van der Waals surface area contributed by atoms with Gasteiger partial charge in [0.25, 0.3) is 5.91 Å². The molecule has 1 aromatic heterocycles. The highest BCUT2D eigenvalue weighted by Gasteiger charge is 2.26. The lowest BCUT2D eigenvalue weighted by molar-refractivity contribution is 0.0525. The highest BCUT2D eigenvalue weighted by atomic mass is 32.1. The molecule has 0 unspecified atom stereocenters. The first-order chi connectivity index (χ1) is 13.0. The van der Waals surface area contributed by atoms with Gasteiger partial charge in [-0.3, -0.25) is 4.79 Å². The summed E-state index contributed by atoms with van der Waals surface area (Å²) in [6, 6.07) is 14.7. The number of hydrogen-bond donors (Lipinski definition) is 2. The van der Waals surface area contributed by atoms with Gasteiger partial charge < -0.3 is 19.9 Å². The largest absolute Gasteiger partial charge is 0.454 e. The molecule has 2 aromatic carbocycles. The van der Waals surface area contributed by atoms with Gasteiger partial charge in [0, 0.05) is 5.56 Å². The Kier molecular flexibility index (Phi) is 4.59. The maximum Gasteiger partial charge on any atom is 0.251 e. The summed E-state index contributed by atoms with van der Waals surface area (Å²) in [6.45, 7) is 1.92. The number of carbonyl (C=O) groups excluding carboxylic acids is 1. The molecule has 1 atom stereocenters. The topological polar surface area (TPSA) is 67.8 Å². The van der Waals surface area contributed by atoms with Crippen LogP contribution in [0.25, 0.3) is 11.1 Å². The van der Waals surface area contributed by atoms with Crippen LogP contribution in [0.5, 0.6) is 11.5 Å². The van der Waals surface area contributed by atoms with Crippen LogP contribution in [0.15, 0.2) is 59.3 Å². The van der Waals surface area contributed by atoms with E-state index in [4.69, 9.17) is 9.47 Å². The third kappa shape index (κ3) is 3.67. The Morgan fingerprint density at radius 2 is 1.89 bits per heavy atom. The van der Waals surface area contributed by atoms with E-state index >= 15 is 0 Å². The van der Waals surface area contributed by atoms with Crippen molar-refractivity contribution in [2.75, 3.05) is 13.3 Å². The maximum absolute atomic E-state index is 12.4. The summed E-state index contributed by atoms with van der Waals surface area (Å²) in [5.41, 5.74) is 2.18. The average Bonchev–Trinajstić information content (AvgIpc) is 3.37. The number of hydrogen-bond acceptors (Lipinski definition) is 5. The molecule has 5 nitrogen and oxygen atoms in total. The zero-order valence-electron chi connectivity index (χ0n) is 14.8. The number of aliphatic hydroxyl groups is 1. The van der Waals surface area contributed by atoms with Gasteiger partial charge in [-0.15, -0.1) is 0 Å². The molecule has 27 heavy (non-hydrogen) atoms. The SMILES string of the molecule is C[C@@](O)(CNC(=O)c1ccc(-c2ccsc2)cc1)c1ccc2c(c1)OCO2. The molecular formula is C21H19NO4S. The minimum absolute atomic E-state index is 0.0811. The molecule has 0 bridgehead atoms. The predicted molar refractivity (Wildman–Crippen MR) is 104 cm³/mol. The molecule has 3 aromatic rings. The monoisotopic (exact) mass is 381 g/mol. The van der Waals surface area contributed by atoms with Crippen LogP contribution in [-0.4, -0.2) is 24.4 Å². The first kappa shape index (κ1) is 17.6. The van der Waals surface area contributed by atoms with Gasteiger partial charge >= 0.3 is 0 Å².